The Morgan fingerprint density at radius 3 is 1.17 bits per heavy atom. The summed E-state index contributed by atoms with van der Waals surface area (Å²) in [4.78, 5) is 37.8. The van der Waals surface area contributed by atoms with Crippen molar-refractivity contribution in [2.24, 2.45) is 0 Å². The van der Waals surface area contributed by atoms with E-state index in [1.165, 1.54) is 19.3 Å². The maximum absolute atomic E-state index is 12.8. The Labute approximate surface area is 367 Å². The number of unbranched alkanes of at least 4 members (excludes halogenated alkanes) is 14. The second kappa shape index (κ2) is 47.5. The van der Waals surface area contributed by atoms with Crippen molar-refractivity contribution in [3.63, 3.8) is 0 Å². The third kappa shape index (κ3) is 44.9. The van der Waals surface area contributed by atoms with E-state index in [9.17, 15) is 14.4 Å². The maximum atomic E-state index is 12.8. The first-order valence-corrected chi connectivity index (χ1v) is 23.6. The van der Waals surface area contributed by atoms with Gasteiger partial charge in [0.1, 0.15) is 13.2 Å². The van der Waals surface area contributed by atoms with Gasteiger partial charge < -0.3 is 14.2 Å². The second-order valence-electron chi connectivity index (χ2n) is 15.0. The quantitative estimate of drug-likeness (QED) is 0.0201. The highest BCUT2D eigenvalue weighted by Crippen LogP contribution is 2.13. The molecule has 6 heteroatoms. The lowest BCUT2D eigenvalue weighted by molar-refractivity contribution is -0.167. The first-order chi connectivity index (χ1) is 29.5. The van der Waals surface area contributed by atoms with Crippen LogP contribution in [0.3, 0.4) is 0 Å². The van der Waals surface area contributed by atoms with Crippen LogP contribution in [0.2, 0.25) is 0 Å². The number of carbonyl (C=O) groups is 3. The molecule has 0 aromatic heterocycles. The zero-order chi connectivity index (χ0) is 43.7. The van der Waals surface area contributed by atoms with Crippen LogP contribution in [0.4, 0.5) is 0 Å². The van der Waals surface area contributed by atoms with Crippen LogP contribution in [0.1, 0.15) is 181 Å². The smallest absolute Gasteiger partial charge is 0.306 e. The number of rotatable bonds is 40. The van der Waals surface area contributed by atoms with E-state index < -0.39 is 6.10 Å². The monoisotopic (exact) mass is 829 g/mol. The van der Waals surface area contributed by atoms with E-state index in [4.69, 9.17) is 14.2 Å². The van der Waals surface area contributed by atoms with Gasteiger partial charge in [0.15, 0.2) is 6.10 Å². The van der Waals surface area contributed by atoms with Gasteiger partial charge in [-0.2, -0.15) is 0 Å². The summed E-state index contributed by atoms with van der Waals surface area (Å²) in [6, 6.07) is 0. The zero-order valence-electron chi connectivity index (χ0n) is 38.2. The molecule has 0 aliphatic carbocycles. The summed E-state index contributed by atoms with van der Waals surface area (Å²) < 4.78 is 16.7. The minimum atomic E-state index is -0.812. The molecule has 1 atom stereocenters. The summed E-state index contributed by atoms with van der Waals surface area (Å²) >= 11 is 0. The Bertz CT molecular complexity index is 1320. The SMILES string of the molecule is CC\C=C/C=C\C=C/C=C\CCCCCCCC(=O)OCC(COC(=O)CCCC/C=C\C/C=C\C/C=C\CC)OC(=O)CCCCCCCCC\C=C/C=C\C=C/CC. The molecule has 0 N–H and O–H groups in total. The lowest BCUT2D eigenvalue weighted by Crippen LogP contribution is -2.30. The van der Waals surface area contributed by atoms with E-state index in [2.05, 4.69) is 118 Å². The predicted molar refractivity (Wildman–Crippen MR) is 256 cm³/mol. The van der Waals surface area contributed by atoms with E-state index in [1.807, 2.05) is 24.3 Å². The van der Waals surface area contributed by atoms with Crippen LogP contribution in [-0.4, -0.2) is 37.2 Å². The van der Waals surface area contributed by atoms with Gasteiger partial charge in [0.2, 0.25) is 0 Å². The third-order valence-corrected chi connectivity index (χ3v) is 9.35. The predicted octanol–water partition coefficient (Wildman–Crippen LogP) is 15.4. The number of hydrogen-bond acceptors (Lipinski definition) is 6. The topological polar surface area (TPSA) is 78.9 Å². The van der Waals surface area contributed by atoms with E-state index in [0.29, 0.717) is 19.3 Å². The first-order valence-electron chi connectivity index (χ1n) is 23.6. The molecule has 0 radical (unpaired) electrons. The summed E-state index contributed by atoms with van der Waals surface area (Å²) in [5.74, 6) is -0.998. The molecular weight excluding hydrogens is 745 g/mol. The van der Waals surface area contributed by atoms with Gasteiger partial charge in [-0.15, -0.1) is 0 Å². The minimum Gasteiger partial charge on any atom is -0.462 e. The summed E-state index contributed by atoms with van der Waals surface area (Å²) in [5, 5.41) is 0. The van der Waals surface area contributed by atoms with Gasteiger partial charge in [0.25, 0.3) is 0 Å². The third-order valence-electron chi connectivity index (χ3n) is 9.35. The Kier molecular flexibility index (Phi) is 44.2. The Morgan fingerprint density at radius 1 is 0.350 bits per heavy atom. The highest BCUT2D eigenvalue weighted by Gasteiger charge is 2.19. The fourth-order valence-corrected chi connectivity index (χ4v) is 5.88. The molecule has 0 aromatic rings. The van der Waals surface area contributed by atoms with Crippen LogP contribution < -0.4 is 0 Å². The Morgan fingerprint density at radius 2 is 0.683 bits per heavy atom. The molecule has 0 aliphatic heterocycles. The van der Waals surface area contributed by atoms with Gasteiger partial charge in [-0.1, -0.05) is 194 Å². The average molecular weight is 829 g/mol. The number of allylic oxidation sites excluding steroid dienone is 20. The van der Waals surface area contributed by atoms with Crippen LogP contribution in [0.5, 0.6) is 0 Å². The molecule has 60 heavy (non-hydrogen) atoms. The molecule has 0 amide bonds. The van der Waals surface area contributed by atoms with Crippen molar-refractivity contribution in [3.8, 4) is 0 Å². The summed E-state index contributed by atoms with van der Waals surface area (Å²) in [7, 11) is 0. The van der Waals surface area contributed by atoms with E-state index in [0.717, 1.165) is 122 Å². The van der Waals surface area contributed by atoms with E-state index in [1.54, 1.807) is 0 Å². The van der Waals surface area contributed by atoms with Crippen molar-refractivity contribution < 1.29 is 28.6 Å². The molecule has 0 heterocycles. The number of ether oxygens (including phenoxy) is 3. The van der Waals surface area contributed by atoms with Gasteiger partial charge in [-0.05, 0) is 89.9 Å². The van der Waals surface area contributed by atoms with Crippen molar-refractivity contribution in [2.45, 2.75) is 187 Å². The van der Waals surface area contributed by atoms with Crippen molar-refractivity contribution in [2.75, 3.05) is 13.2 Å². The summed E-state index contributed by atoms with van der Waals surface area (Å²) in [5.41, 5.74) is 0. The minimum absolute atomic E-state index is 0.112. The molecule has 6 nitrogen and oxygen atoms in total. The number of esters is 3. The van der Waals surface area contributed by atoms with Crippen LogP contribution >= 0.6 is 0 Å². The summed E-state index contributed by atoms with van der Waals surface area (Å²) in [6.07, 6.45) is 64.7. The number of hydrogen-bond donors (Lipinski definition) is 0. The van der Waals surface area contributed by atoms with E-state index in [-0.39, 0.29) is 31.1 Å². The first kappa shape index (κ1) is 55.8. The van der Waals surface area contributed by atoms with Crippen LogP contribution in [0.15, 0.2) is 122 Å². The van der Waals surface area contributed by atoms with Gasteiger partial charge in [0, 0.05) is 19.3 Å². The largest absolute Gasteiger partial charge is 0.462 e. The molecule has 1 unspecified atom stereocenters. The number of carbonyl (C=O) groups excluding carboxylic acids is 3. The van der Waals surface area contributed by atoms with Crippen molar-refractivity contribution >= 4 is 17.9 Å². The standard InChI is InChI=1S/C54H84O6/c1-4-7-10-13-16-19-22-25-27-29-32-35-38-41-44-47-53(56)59-50-51(49-58-52(55)46-43-40-37-34-31-24-21-18-15-12-9-6-3)60-54(57)48-45-42-39-36-33-30-28-26-23-20-17-14-11-8-5-2/h7-14,16-23,25,27,31,34,51H,4-6,15,24,26,28-30,32-33,35-50H2,1-3H3/b10-7-,11-8-,12-9-,16-13-,17-14-,21-18-,22-19-,23-20-,27-25-,34-31-. The van der Waals surface area contributed by atoms with Gasteiger partial charge >= 0.3 is 17.9 Å². The highest BCUT2D eigenvalue weighted by atomic mass is 16.6. The molecule has 336 valence electrons. The molecule has 0 rings (SSSR count). The van der Waals surface area contributed by atoms with Crippen LogP contribution in [0.25, 0.3) is 0 Å². The van der Waals surface area contributed by atoms with Gasteiger partial charge in [-0.3, -0.25) is 14.4 Å². The fourth-order valence-electron chi connectivity index (χ4n) is 5.88. The van der Waals surface area contributed by atoms with Gasteiger partial charge in [0.05, 0.1) is 0 Å². The molecule has 0 spiro atoms. The maximum Gasteiger partial charge on any atom is 0.306 e. The van der Waals surface area contributed by atoms with Crippen molar-refractivity contribution in [1.82, 2.24) is 0 Å². The molecule has 0 aliphatic rings. The zero-order valence-corrected chi connectivity index (χ0v) is 38.2. The molecule has 0 saturated carbocycles. The molecule has 0 fully saturated rings. The molecule has 0 bridgehead atoms. The lowest BCUT2D eigenvalue weighted by Gasteiger charge is -2.18. The molecular formula is C54H84O6. The van der Waals surface area contributed by atoms with Crippen molar-refractivity contribution in [3.05, 3.63) is 122 Å². The Balaban J connectivity index is 4.52. The normalized spacial score (nSPS) is 13.2. The average Bonchev–Trinajstić information content (AvgIpc) is 3.24. The van der Waals surface area contributed by atoms with Crippen LogP contribution in [-0.2, 0) is 28.6 Å². The summed E-state index contributed by atoms with van der Waals surface area (Å²) in [6.45, 7) is 6.16. The lowest BCUT2D eigenvalue weighted by atomic mass is 10.1. The van der Waals surface area contributed by atoms with Gasteiger partial charge in [-0.25, -0.2) is 0 Å². The fraction of sp³-hybridized carbons (Fsp3) is 0.574. The second-order valence-corrected chi connectivity index (χ2v) is 15.0. The molecule has 0 saturated heterocycles. The van der Waals surface area contributed by atoms with Crippen LogP contribution in [0, 0.1) is 0 Å². The Hall–Kier alpha value is -4.19. The molecule has 0 aromatic carbocycles. The van der Waals surface area contributed by atoms with Crippen molar-refractivity contribution in [1.29, 1.82) is 0 Å². The van der Waals surface area contributed by atoms with E-state index >= 15 is 0 Å². The highest BCUT2D eigenvalue weighted by molar-refractivity contribution is 5.71.